The van der Waals surface area contributed by atoms with Crippen molar-refractivity contribution in [1.29, 1.82) is 0 Å². The van der Waals surface area contributed by atoms with Crippen LogP contribution in [0, 0.1) is 6.92 Å². The van der Waals surface area contributed by atoms with Crippen molar-refractivity contribution in [3.63, 3.8) is 0 Å². The van der Waals surface area contributed by atoms with Gasteiger partial charge in [-0.05, 0) is 24.1 Å². The zero-order valence-corrected chi connectivity index (χ0v) is 9.64. The van der Waals surface area contributed by atoms with Crippen molar-refractivity contribution in [3.05, 3.63) is 34.3 Å². The Bertz CT molecular complexity index is 366. The molecule has 0 spiro atoms. The molecule has 1 amide bonds. The van der Waals surface area contributed by atoms with E-state index in [0.717, 1.165) is 11.1 Å². The number of carbonyl (C=O) groups excluding carboxylic acids is 1. The van der Waals surface area contributed by atoms with E-state index < -0.39 is 0 Å². The molecule has 1 unspecified atom stereocenters. The third kappa shape index (κ3) is 2.70. The molecule has 0 heterocycles. The maximum atomic E-state index is 11.5. The molecule has 0 aliphatic carbocycles. The summed E-state index contributed by atoms with van der Waals surface area (Å²) in [5.41, 5.74) is 7.43. The van der Waals surface area contributed by atoms with Gasteiger partial charge in [0.15, 0.2) is 0 Å². The minimum atomic E-state index is -0.300. The first-order chi connectivity index (χ1) is 7.10. The van der Waals surface area contributed by atoms with Crippen molar-refractivity contribution in [1.82, 2.24) is 5.32 Å². The number of rotatable bonds is 3. The molecule has 4 heteroatoms. The maximum absolute atomic E-state index is 11.5. The predicted molar refractivity (Wildman–Crippen MR) is 62.1 cm³/mol. The molecular formula is C11H15ClN2O. The van der Waals surface area contributed by atoms with E-state index in [1.54, 1.807) is 13.1 Å². The molecule has 0 aliphatic rings. The molecule has 0 saturated heterocycles. The molecular weight excluding hydrogens is 212 g/mol. The second-order valence-electron chi connectivity index (χ2n) is 3.41. The molecule has 3 nitrogen and oxygen atoms in total. The van der Waals surface area contributed by atoms with E-state index in [1.807, 2.05) is 19.1 Å². The van der Waals surface area contributed by atoms with Crippen molar-refractivity contribution in [2.45, 2.75) is 12.8 Å². The van der Waals surface area contributed by atoms with Gasteiger partial charge in [-0.3, -0.25) is 4.79 Å². The molecule has 0 aliphatic heterocycles. The van der Waals surface area contributed by atoms with Crippen molar-refractivity contribution >= 4 is 17.5 Å². The number of aryl methyl sites for hydroxylation is 1. The Labute approximate surface area is 94.6 Å². The van der Waals surface area contributed by atoms with Crippen molar-refractivity contribution in [3.8, 4) is 0 Å². The fraction of sp³-hybridized carbons (Fsp3) is 0.364. The highest BCUT2D eigenvalue weighted by atomic mass is 35.5. The first kappa shape index (κ1) is 12.0. The normalized spacial score (nSPS) is 12.3. The topological polar surface area (TPSA) is 55.1 Å². The number of carbonyl (C=O) groups is 1. The van der Waals surface area contributed by atoms with Gasteiger partial charge in [-0.15, -0.1) is 0 Å². The highest BCUT2D eigenvalue weighted by Gasteiger charge is 2.17. The van der Waals surface area contributed by atoms with Crippen LogP contribution in [-0.2, 0) is 4.79 Å². The minimum absolute atomic E-state index is 0.0702. The van der Waals surface area contributed by atoms with Crippen LogP contribution in [0.5, 0.6) is 0 Å². The second-order valence-corrected chi connectivity index (χ2v) is 3.82. The molecule has 1 aromatic carbocycles. The van der Waals surface area contributed by atoms with Crippen LogP contribution in [0.3, 0.4) is 0 Å². The lowest BCUT2D eigenvalue weighted by Crippen LogP contribution is -2.30. The average molecular weight is 227 g/mol. The van der Waals surface area contributed by atoms with E-state index in [9.17, 15) is 4.79 Å². The van der Waals surface area contributed by atoms with Gasteiger partial charge in [-0.25, -0.2) is 0 Å². The number of nitrogens with two attached hydrogens (primary N) is 1. The monoisotopic (exact) mass is 226 g/mol. The molecule has 0 bridgehead atoms. The van der Waals surface area contributed by atoms with Gasteiger partial charge in [0.05, 0.1) is 5.92 Å². The van der Waals surface area contributed by atoms with Gasteiger partial charge in [-0.2, -0.15) is 0 Å². The molecule has 0 fully saturated rings. The maximum Gasteiger partial charge on any atom is 0.228 e. The van der Waals surface area contributed by atoms with Crippen LogP contribution in [0.4, 0.5) is 0 Å². The van der Waals surface area contributed by atoms with Crippen LogP contribution < -0.4 is 11.1 Å². The fourth-order valence-electron chi connectivity index (χ4n) is 1.45. The van der Waals surface area contributed by atoms with E-state index in [2.05, 4.69) is 5.32 Å². The second kappa shape index (κ2) is 5.14. The Morgan fingerprint density at radius 1 is 1.60 bits per heavy atom. The predicted octanol–water partition coefficient (Wildman–Crippen LogP) is 1.44. The summed E-state index contributed by atoms with van der Waals surface area (Å²) in [6.45, 7) is 2.20. The Kier molecular flexibility index (Phi) is 4.12. The summed E-state index contributed by atoms with van der Waals surface area (Å²) in [6.07, 6.45) is 0. The lowest BCUT2D eigenvalue weighted by atomic mass is 9.97. The van der Waals surface area contributed by atoms with Gasteiger partial charge in [-0.1, -0.05) is 23.7 Å². The van der Waals surface area contributed by atoms with Crippen molar-refractivity contribution in [2.75, 3.05) is 13.6 Å². The Hall–Kier alpha value is -1.06. The van der Waals surface area contributed by atoms with E-state index >= 15 is 0 Å². The summed E-state index contributed by atoms with van der Waals surface area (Å²) >= 11 is 5.91. The van der Waals surface area contributed by atoms with E-state index in [-0.39, 0.29) is 11.8 Å². The number of likely N-dealkylation sites (N-methyl/N-ethyl adjacent to an activating group) is 1. The highest BCUT2D eigenvalue weighted by Crippen LogP contribution is 2.21. The van der Waals surface area contributed by atoms with Gasteiger partial charge >= 0.3 is 0 Å². The number of hydrogen-bond acceptors (Lipinski definition) is 2. The first-order valence-corrected chi connectivity index (χ1v) is 5.15. The smallest absolute Gasteiger partial charge is 0.228 e. The molecule has 0 radical (unpaired) electrons. The number of nitrogens with one attached hydrogen (secondary N) is 1. The van der Waals surface area contributed by atoms with E-state index in [4.69, 9.17) is 17.3 Å². The van der Waals surface area contributed by atoms with Crippen LogP contribution in [0.1, 0.15) is 17.0 Å². The van der Waals surface area contributed by atoms with Gasteiger partial charge in [0.25, 0.3) is 0 Å². The van der Waals surface area contributed by atoms with E-state index in [1.165, 1.54) is 0 Å². The third-order valence-electron chi connectivity index (χ3n) is 2.38. The lowest BCUT2D eigenvalue weighted by Gasteiger charge is -2.14. The number of hydrogen-bond donors (Lipinski definition) is 2. The molecule has 15 heavy (non-hydrogen) atoms. The number of amides is 1. The van der Waals surface area contributed by atoms with Gasteiger partial charge in [0, 0.05) is 18.6 Å². The SMILES string of the molecule is CNC(=O)C(CN)c1ccc(Cl)c(C)c1. The number of benzene rings is 1. The Morgan fingerprint density at radius 2 is 2.27 bits per heavy atom. The molecule has 3 N–H and O–H groups in total. The van der Waals surface area contributed by atoms with E-state index in [0.29, 0.717) is 11.6 Å². The molecule has 1 rings (SSSR count). The summed E-state index contributed by atoms with van der Waals surface area (Å²) in [5.74, 6) is -0.370. The summed E-state index contributed by atoms with van der Waals surface area (Å²) in [4.78, 5) is 11.5. The van der Waals surface area contributed by atoms with Gasteiger partial charge in [0.2, 0.25) is 5.91 Å². The summed E-state index contributed by atoms with van der Waals surface area (Å²) < 4.78 is 0. The minimum Gasteiger partial charge on any atom is -0.359 e. The molecule has 1 aromatic rings. The zero-order chi connectivity index (χ0) is 11.4. The average Bonchev–Trinajstić information content (AvgIpc) is 2.24. The summed E-state index contributed by atoms with van der Waals surface area (Å²) in [7, 11) is 1.60. The highest BCUT2D eigenvalue weighted by molar-refractivity contribution is 6.31. The summed E-state index contributed by atoms with van der Waals surface area (Å²) in [5, 5.41) is 3.30. The largest absolute Gasteiger partial charge is 0.359 e. The lowest BCUT2D eigenvalue weighted by molar-refractivity contribution is -0.121. The molecule has 1 atom stereocenters. The Morgan fingerprint density at radius 3 is 2.73 bits per heavy atom. The van der Waals surface area contributed by atoms with Gasteiger partial charge < -0.3 is 11.1 Å². The standard InChI is InChI=1S/C11H15ClN2O/c1-7-5-8(3-4-10(7)12)9(6-13)11(15)14-2/h3-5,9H,6,13H2,1-2H3,(H,14,15). The zero-order valence-electron chi connectivity index (χ0n) is 8.88. The van der Waals surface area contributed by atoms with Crippen LogP contribution in [-0.4, -0.2) is 19.5 Å². The van der Waals surface area contributed by atoms with Crippen LogP contribution >= 0.6 is 11.6 Å². The molecule has 82 valence electrons. The fourth-order valence-corrected chi connectivity index (χ4v) is 1.57. The van der Waals surface area contributed by atoms with Crippen molar-refractivity contribution in [2.24, 2.45) is 5.73 Å². The third-order valence-corrected chi connectivity index (χ3v) is 2.81. The molecule has 0 aromatic heterocycles. The van der Waals surface area contributed by atoms with Gasteiger partial charge in [0.1, 0.15) is 0 Å². The van der Waals surface area contributed by atoms with Crippen LogP contribution in [0.25, 0.3) is 0 Å². The summed E-state index contributed by atoms with van der Waals surface area (Å²) in [6, 6.07) is 5.52. The Balaban J connectivity index is 3.02. The van der Waals surface area contributed by atoms with Crippen molar-refractivity contribution < 1.29 is 4.79 Å². The van der Waals surface area contributed by atoms with Crippen LogP contribution in [0.2, 0.25) is 5.02 Å². The quantitative estimate of drug-likeness (QED) is 0.820. The number of halogens is 1. The first-order valence-electron chi connectivity index (χ1n) is 4.77. The molecule has 0 saturated carbocycles. The van der Waals surface area contributed by atoms with Crippen LogP contribution in [0.15, 0.2) is 18.2 Å².